The van der Waals surface area contributed by atoms with Crippen molar-refractivity contribution in [1.82, 2.24) is 0 Å². The molecule has 4 aromatic carbocycles. The average Bonchev–Trinajstić information content (AvgIpc) is 3.77. The van der Waals surface area contributed by atoms with Gasteiger partial charge in [0.05, 0.1) is 56.6 Å². The Morgan fingerprint density at radius 1 is 0.467 bits per heavy atom. The van der Waals surface area contributed by atoms with Crippen molar-refractivity contribution in [3.8, 4) is 23.0 Å². The molecule has 0 atom stereocenters. The number of ether oxygens (including phenoxy) is 6. The molecule has 0 unspecified atom stereocenters. The molecule has 0 radical (unpaired) electrons. The molecule has 0 N–H and O–H groups in total. The van der Waals surface area contributed by atoms with E-state index in [4.69, 9.17) is 56.3 Å². The van der Waals surface area contributed by atoms with Crippen LogP contribution in [0.25, 0.3) is 0 Å². The number of rotatable bonds is 18. The van der Waals surface area contributed by atoms with Gasteiger partial charge in [-0.15, -0.1) is 0 Å². The van der Waals surface area contributed by atoms with Gasteiger partial charge in [-0.25, -0.2) is 16.8 Å². The molecular weight excluding hydrogens is 1070 g/mol. The summed E-state index contributed by atoms with van der Waals surface area (Å²) in [5, 5.41) is 0. The number of benzene rings is 4. The SMILES string of the molecule is C.CC1(C)OB(B2OC(C)(C)C(C)(C)O2)OC1(C)C.CCOCOCc1cc(Oc2ccc(S(C)(=O)=O)cc2)ccc1B1OC(C)(C)C(C)(C)O1.CCOCOCc1cc(Oc2ccc(S(C)(=O)=O)cc2)ccc1Br.[2HH]. The molecule has 0 amide bonds. The van der Waals surface area contributed by atoms with E-state index in [2.05, 4.69) is 15.9 Å². The minimum absolute atomic E-state index is 0. The highest BCUT2D eigenvalue weighted by Gasteiger charge is 2.63. The monoisotopic (exact) mass is 1150 g/mol. The minimum atomic E-state index is -3.26. The molecular formula is C53H80B3BrO16S2. The predicted octanol–water partition coefficient (Wildman–Crippen LogP) is 11.0. The van der Waals surface area contributed by atoms with E-state index < -0.39 is 52.0 Å². The lowest BCUT2D eigenvalue weighted by Crippen LogP contribution is -2.41. The van der Waals surface area contributed by atoms with Crippen LogP contribution in [0.3, 0.4) is 0 Å². The van der Waals surface area contributed by atoms with Crippen LogP contribution in [-0.2, 0) is 79.8 Å². The molecule has 0 spiro atoms. The van der Waals surface area contributed by atoms with E-state index in [1.807, 2.05) is 133 Å². The molecule has 16 nitrogen and oxygen atoms in total. The molecule has 3 saturated heterocycles. The summed E-state index contributed by atoms with van der Waals surface area (Å²) in [5.74, 6) is 2.32. The van der Waals surface area contributed by atoms with Crippen LogP contribution >= 0.6 is 15.9 Å². The lowest BCUT2D eigenvalue weighted by molar-refractivity contribution is -0.0573. The summed E-state index contributed by atoms with van der Waals surface area (Å²) in [7, 11) is -7.96. The van der Waals surface area contributed by atoms with Gasteiger partial charge in [0.1, 0.15) is 36.6 Å². The third-order valence-corrected chi connectivity index (χ3v) is 16.7. The second-order valence-electron chi connectivity index (χ2n) is 21.1. The zero-order valence-corrected chi connectivity index (χ0v) is 49.0. The maximum absolute atomic E-state index is 11.7. The van der Waals surface area contributed by atoms with Crippen LogP contribution in [0, 0.1) is 0 Å². The number of sulfone groups is 2. The van der Waals surface area contributed by atoms with E-state index in [0.717, 1.165) is 21.1 Å². The fourth-order valence-electron chi connectivity index (χ4n) is 7.06. The van der Waals surface area contributed by atoms with Gasteiger partial charge in [0.15, 0.2) is 19.7 Å². The largest absolute Gasteiger partial charge is 0.495 e. The Hall–Kier alpha value is -3.35. The van der Waals surface area contributed by atoms with Crippen molar-refractivity contribution < 1.29 is 74.6 Å². The van der Waals surface area contributed by atoms with Gasteiger partial charge in [0.2, 0.25) is 0 Å². The number of hydrogen-bond acceptors (Lipinski definition) is 16. The Labute approximate surface area is 458 Å². The number of halogens is 1. The molecule has 3 heterocycles. The second-order valence-corrected chi connectivity index (χ2v) is 25.9. The first kappa shape index (κ1) is 64.2. The van der Waals surface area contributed by atoms with Gasteiger partial charge in [-0.1, -0.05) is 29.4 Å². The zero-order chi connectivity index (χ0) is 55.1. The summed E-state index contributed by atoms with van der Waals surface area (Å²) in [6.45, 7) is 30.3. The van der Waals surface area contributed by atoms with Gasteiger partial charge in [0.25, 0.3) is 0 Å². The smallest absolute Gasteiger partial charge is 0.457 e. The minimum Gasteiger partial charge on any atom is -0.457 e. The molecule has 0 bridgehead atoms. The standard InChI is InChI=1S/C23H31BO7S.C17H19BrO5S.C12H24B2O4.CH4.H2/c1-7-27-16-28-15-17-14-19(29-18-8-11-20(12-9-18)32(6,25)26)10-13-21(17)24-30-22(2,3)23(4,5)31-24;1-3-21-12-22-11-13-10-15(6-9-17(13)18)23-14-4-7-16(8-5-14)24(2,19)20;1-9(2)10(3,4)16-13(15-9)14-17-11(5,6)12(7,8)18-14;;/h8-14H,7,15-16H2,1-6H3;4-10H,3,11-12H2,1-2H3;1-8H3;1H4;1H/i;;;;1+1. The summed E-state index contributed by atoms with van der Waals surface area (Å²) >= 11 is 3.47. The first-order chi connectivity index (χ1) is 34.2. The van der Waals surface area contributed by atoms with Crippen LogP contribution < -0.4 is 14.9 Å². The fraction of sp³-hybridized carbons (Fsp3) is 0.547. The predicted molar refractivity (Wildman–Crippen MR) is 299 cm³/mol. The van der Waals surface area contributed by atoms with Crippen molar-refractivity contribution in [3.63, 3.8) is 0 Å². The van der Waals surface area contributed by atoms with Gasteiger partial charge < -0.3 is 56.3 Å². The Kier molecular flexibility index (Phi) is 21.9. The average molecular weight is 1150 g/mol. The highest BCUT2D eigenvalue weighted by Crippen LogP contribution is 2.43. The second kappa shape index (κ2) is 25.6. The molecule has 3 fully saturated rings. The third kappa shape index (κ3) is 17.1. The van der Waals surface area contributed by atoms with Crippen LogP contribution in [0.1, 0.15) is 117 Å². The molecule has 22 heteroatoms. The van der Waals surface area contributed by atoms with Crippen molar-refractivity contribution in [3.05, 3.63) is 101 Å². The lowest BCUT2D eigenvalue weighted by atomic mass is 9.49. The zero-order valence-electron chi connectivity index (χ0n) is 45.8. The van der Waals surface area contributed by atoms with Crippen LogP contribution in [0.5, 0.6) is 23.0 Å². The van der Waals surface area contributed by atoms with Crippen molar-refractivity contribution in [2.45, 2.75) is 161 Å². The summed E-state index contributed by atoms with van der Waals surface area (Å²) < 4.78 is 117. The third-order valence-electron chi connectivity index (χ3n) is 13.6. The quantitative estimate of drug-likeness (QED) is 0.0521. The molecule has 4 aromatic rings. The van der Waals surface area contributed by atoms with E-state index >= 15 is 0 Å². The molecule has 0 saturated carbocycles. The van der Waals surface area contributed by atoms with E-state index in [-0.39, 0.29) is 54.6 Å². The fourth-order valence-corrected chi connectivity index (χ4v) is 8.69. The van der Waals surface area contributed by atoms with Gasteiger partial charge in [-0.2, -0.15) is 0 Å². The summed E-state index contributed by atoms with van der Waals surface area (Å²) in [6.07, 6.45) is 2.35. The summed E-state index contributed by atoms with van der Waals surface area (Å²) in [5.41, 5.74) is 0.286. The van der Waals surface area contributed by atoms with E-state index in [1.165, 1.54) is 36.8 Å². The Bertz CT molecular complexity index is 2640. The molecule has 3 aliphatic heterocycles. The van der Waals surface area contributed by atoms with E-state index in [1.54, 1.807) is 24.3 Å². The lowest BCUT2D eigenvalue weighted by Gasteiger charge is -2.32. The van der Waals surface area contributed by atoms with Gasteiger partial charge in [-0.3, -0.25) is 0 Å². The molecule has 3 aliphatic rings. The van der Waals surface area contributed by atoms with Crippen molar-refractivity contribution >= 4 is 62.2 Å². The summed E-state index contributed by atoms with van der Waals surface area (Å²) in [6, 6.07) is 23.8. The molecule has 0 aliphatic carbocycles. The molecule has 7 rings (SSSR count). The topological polar surface area (TPSA) is 179 Å². The maximum atomic E-state index is 11.7. The van der Waals surface area contributed by atoms with Crippen LogP contribution in [0.15, 0.2) is 99.2 Å². The first-order valence-corrected chi connectivity index (χ1v) is 29.0. The van der Waals surface area contributed by atoms with Gasteiger partial charge in [-0.05, 0) is 192 Å². The molecule has 416 valence electrons. The van der Waals surface area contributed by atoms with Crippen LogP contribution in [0.4, 0.5) is 0 Å². The highest BCUT2D eigenvalue weighted by atomic mass is 79.9. The summed E-state index contributed by atoms with van der Waals surface area (Å²) in [4.78, 5) is 0.502. The van der Waals surface area contributed by atoms with Crippen molar-refractivity contribution in [2.75, 3.05) is 39.3 Å². The van der Waals surface area contributed by atoms with Crippen LogP contribution in [-0.4, -0.2) is 111 Å². The van der Waals surface area contributed by atoms with E-state index in [0.29, 0.717) is 49.4 Å². The van der Waals surface area contributed by atoms with Crippen molar-refractivity contribution in [2.24, 2.45) is 0 Å². The Morgan fingerprint density at radius 3 is 1.15 bits per heavy atom. The molecule has 0 aromatic heterocycles. The van der Waals surface area contributed by atoms with Gasteiger partial charge in [0, 0.05) is 31.6 Å². The number of hydrogen-bond donors (Lipinski definition) is 0. The van der Waals surface area contributed by atoms with E-state index in [9.17, 15) is 16.8 Å². The first-order valence-electron chi connectivity index (χ1n) is 24.5. The Balaban J connectivity index is 0.000000308. The van der Waals surface area contributed by atoms with Crippen molar-refractivity contribution in [1.29, 1.82) is 0 Å². The highest BCUT2D eigenvalue weighted by molar-refractivity contribution is 9.10. The molecule has 75 heavy (non-hydrogen) atoms. The Morgan fingerprint density at radius 2 is 0.787 bits per heavy atom. The van der Waals surface area contributed by atoms with Crippen LogP contribution in [0.2, 0.25) is 0 Å². The van der Waals surface area contributed by atoms with Gasteiger partial charge >= 0.3 is 21.1 Å². The normalized spacial score (nSPS) is 18.8. The maximum Gasteiger partial charge on any atom is 0.495 e.